The molecule has 0 saturated carbocycles. The molecule has 2 rings (SSSR count). The zero-order chi connectivity index (χ0) is 22.0. The first-order valence-electron chi connectivity index (χ1n) is 9.78. The fourth-order valence-electron chi connectivity index (χ4n) is 2.94. The molecule has 0 aromatic heterocycles. The largest absolute Gasteiger partial charge is 0.495 e. The Labute approximate surface area is 178 Å². The van der Waals surface area contributed by atoms with Crippen molar-refractivity contribution in [2.75, 3.05) is 38.7 Å². The molecule has 7 nitrogen and oxygen atoms in total. The van der Waals surface area contributed by atoms with Crippen LogP contribution in [0, 0.1) is 0 Å². The number of carbonyl (C=O) groups is 1. The molecule has 2 aromatic rings. The van der Waals surface area contributed by atoms with E-state index in [1.165, 1.54) is 26.3 Å². The molecular weight excluding hydrogens is 402 g/mol. The average molecular weight is 432 g/mol. The third kappa shape index (κ3) is 6.60. The van der Waals surface area contributed by atoms with Crippen molar-refractivity contribution in [2.45, 2.75) is 18.2 Å². The van der Waals surface area contributed by atoms with Crippen molar-refractivity contribution in [3.05, 3.63) is 60.2 Å². The Bertz CT molecular complexity index is 960. The van der Waals surface area contributed by atoms with E-state index < -0.39 is 10.0 Å². The van der Waals surface area contributed by atoms with E-state index in [0.29, 0.717) is 12.1 Å². The van der Waals surface area contributed by atoms with E-state index in [-0.39, 0.29) is 16.6 Å². The molecule has 0 radical (unpaired) electrons. The number of nitrogens with zero attached hydrogens (tertiary/aromatic N) is 1. The normalized spacial score (nSPS) is 11.4. The van der Waals surface area contributed by atoms with Crippen LogP contribution in [-0.4, -0.2) is 48.1 Å². The minimum atomic E-state index is -3.67. The quantitative estimate of drug-likeness (QED) is 0.422. The van der Waals surface area contributed by atoms with Crippen LogP contribution in [0.2, 0.25) is 0 Å². The Kier molecular flexibility index (Phi) is 8.89. The standard InChI is InChI=1S/C22H29N3O4S/c1-4-25(19-9-6-5-7-10-19)16-8-15-24-22(26)14-12-18-11-13-20(29-3)21(17-18)30(27,28)23-2/h5-7,9-14,17,23H,4,8,15-16H2,1-3H3,(H,24,26)/b14-12+. The molecule has 0 bridgehead atoms. The molecule has 2 N–H and O–H groups in total. The molecule has 0 aliphatic carbocycles. The highest BCUT2D eigenvalue weighted by molar-refractivity contribution is 7.89. The molecule has 30 heavy (non-hydrogen) atoms. The van der Waals surface area contributed by atoms with Gasteiger partial charge in [0.15, 0.2) is 0 Å². The molecule has 0 spiro atoms. The minimum absolute atomic E-state index is 0.0237. The van der Waals surface area contributed by atoms with Crippen molar-refractivity contribution in [3.8, 4) is 5.75 Å². The lowest BCUT2D eigenvalue weighted by Crippen LogP contribution is -2.29. The van der Waals surface area contributed by atoms with Gasteiger partial charge in [-0.15, -0.1) is 0 Å². The van der Waals surface area contributed by atoms with E-state index in [2.05, 4.69) is 34.0 Å². The molecule has 0 aliphatic heterocycles. The van der Waals surface area contributed by atoms with Gasteiger partial charge in [-0.2, -0.15) is 0 Å². The zero-order valence-corrected chi connectivity index (χ0v) is 18.4. The molecule has 1 amide bonds. The lowest BCUT2D eigenvalue weighted by molar-refractivity contribution is -0.116. The van der Waals surface area contributed by atoms with Gasteiger partial charge in [0.2, 0.25) is 15.9 Å². The van der Waals surface area contributed by atoms with E-state index >= 15 is 0 Å². The fraction of sp³-hybridized carbons (Fsp3) is 0.318. The molecule has 0 fully saturated rings. The van der Waals surface area contributed by atoms with Crippen LogP contribution in [0.1, 0.15) is 18.9 Å². The molecule has 2 aromatic carbocycles. The first-order valence-corrected chi connectivity index (χ1v) is 11.3. The number of hydrogen-bond acceptors (Lipinski definition) is 5. The predicted molar refractivity (Wildman–Crippen MR) is 120 cm³/mol. The Morgan fingerprint density at radius 1 is 1.17 bits per heavy atom. The predicted octanol–water partition coefficient (Wildman–Crippen LogP) is 2.65. The first-order chi connectivity index (χ1) is 14.4. The van der Waals surface area contributed by atoms with Gasteiger partial charge < -0.3 is 15.0 Å². The van der Waals surface area contributed by atoms with Gasteiger partial charge in [-0.3, -0.25) is 4.79 Å². The second kappa shape index (κ2) is 11.4. The fourth-order valence-corrected chi connectivity index (χ4v) is 3.87. The third-order valence-electron chi connectivity index (χ3n) is 4.58. The van der Waals surface area contributed by atoms with Gasteiger partial charge in [-0.05, 0) is 56.3 Å². The number of nitrogens with one attached hydrogen (secondary N) is 2. The summed E-state index contributed by atoms with van der Waals surface area (Å²) in [7, 11) is -0.925. The summed E-state index contributed by atoms with van der Waals surface area (Å²) in [5.41, 5.74) is 1.75. The van der Waals surface area contributed by atoms with Gasteiger partial charge in [0, 0.05) is 31.4 Å². The number of methoxy groups -OCH3 is 1. The van der Waals surface area contributed by atoms with Crippen LogP contribution < -0.4 is 19.7 Å². The molecule has 162 valence electrons. The van der Waals surface area contributed by atoms with E-state index in [1.54, 1.807) is 18.2 Å². The van der Waals surface area contributed by atoms with Crippen LogP contribution in [0.4, 0.5) is 5.69 Å². The molecular formula is C22H29N3O4S. The summed E-state index contributed by atoms with van der Waals surface area (Å²) in [6.07, 6.45) is 3.79. The lowest BCUT2D eigenvalue weighted by atomic mass is 10.2. The Morgan fingerprint density at radius 3 is 2.53 bits per heavy atom. The Balaban J connectivity index is 1.90. The second-order valence-corrected chi connectivity index (χ2v) is 8.37. The van der Waals surface area contributed by atoms with Crippen molar-refractivity contribution in [3.63, 3.8) is 0 Å². The van der Waals surface area contributed by atoms with Crippen LogP contribution in [0.25, 0.3) is 6.08 Å². The van der Waals surface area contributed by atoms with Crippen LogP contribution in [0.3, 0.4) is 0 Å². The number of hydrogen-bond donors (Lipinski definition) is 2. The van der Waals surface area contributed by atoms with E-state index in [4.69, 9.17) is 4.74 Å². The van der Waals surface area contributed by atoms with Gasteiger partial charge in [-0.25, -0.2) is 13.1 Å². The van der Waals surface area contributed by atoms with Crippen LogP contribution in [0.15, 0.2) is 59.5 Å². The number of para-hydroxylation sites is 1. The number of amides is 1. The second-order valence-electron chi connectivity index (χ2n) is 6.51. The number of benzene rings is 2. The van der Waals surface area contributed by atoms with Gasteiger partial charge in [0.05, 0.1) is 7.11 Å². The molecule has 0 saturated heterocycles. The third-order valence-corrected chi connectivity index (χ3v) is 6.02. The number of anilines is 1. The number of sulfonamides is 1. The maximum Gasteiger partial charge on any atom is 0.244 e. The smallest absolute Gasteiger partial charge is 0.244 e. The Morgan fingerprint density at radius 2 is 1.90 bits per heavy atom. The summed E-state index contributed by atoms with van der Waals surface area (Å²) < 4.78 is 31.6. The summed E-state index contributed by atoms with van der Waals surface area (Å²) >= 11 is 0. The van der Waals surface area contributed by atoms with Gasteiger partial charge in [0.1, 0.15) is 10.6 Å². The van der Waals surface area contributed by atoms with Crippen molar-refractivity contribution in [1.82, 2.24) is 10.0 Å². The van der Waals surface area contributed by atoms with Crippen LogP contribution in [-0.2, 0) is 14.8 Å². The highest BCUT2D eigenvalue weighted by Gasteiger charge is 2.17. The maximum atomic E-state index is 12.1. The molecule has 0 heterocycles. The molecule has 8 heteroatoms. The number of carbonyl (C=O) groups excluding carboxylic acids is 1. The lowest BCUT2D eigenvalue weighted by Gasteiger charge is -2.23. The van der Waals surface area contributed by atoms with E-state index in [9.17, 15) is 13.2 Å². The van der Waals surface area contributed by atoms with Crippen LogP contribution >= 0.6 is 0 Å². The van der Waals surface area contributed by atoms with Crippen molar-refractivity contribution >= 4 is 27.7 Å². The Hall–Kier alpha value is -2.84. The topological polar surface area (TPSA) is 87.7 Å². The van der Waals surface area contributed by atoms with E-state index in [0.717, 1.165) is 25.2 Å². The summed E-state index contributed by atoms with van der Waals surface area (Å²) in [6, 6.07) is 14.9. The van der Waals surface area contributed by atoms with Crippen molar-refractivity contribution in [1.29, 1.82) is 0 Å². The average Bonchev–Trinajstić information content (AvgIpc) is 2.78. The first kappa shape index (κ1) is 23.4. The van der Waals surface area contributed by atoms with Crippen LogP contribution in [0.5, 0.6) is 5.75 Å². The van der Waals surface area contributed by atoms with Gasteiger partial charge in [0.25, 0.3) is 0 Å². The monoisotopic (exact) mass is 431 g/mol. The van der Waals surface area contributed by atoms with Gasteiger partial charge >= 0.3 is 0 Å². The molecule has 0 aliphatic rings. The van der Waals surface area contributed by atoms with Crippen molar-refractivity contribution < 1.29 is 17.9 Å². The minimum Gasteiger partial charge on any atom is -0.495 e. The number of ether oxygens (including phenoxy) is 1. The number of rotatable bonds is 11. The summed E-state index contributed by atoms with van der Waals surface area (Å²) in [6.45, 7) is 4.39. The summed E-state index contributed by atoms with van der Waals surface area (Å²) in [4.78, 5) is 14.4. The highest BCUT2D eigenvalue weighted by atomic mass is 32.2. The maximum absolute atomic E-state index is 12.1. The summed E-state index contributed by atoms with van der Waals surface area (Å²) in [5.74, 6) is 0.0106. The zero-order valence-electron chi connectivity index (χ0n) is 17.6. The molecule has 0 atom stereocenters. The van der Waals surface area contributed by atoms with Crippen molar-refractivity contribution in [2.24, 2.45) is 0 Å². The molecule has 0 unspecified atom stereocenters. The summed E-state index contributed by atoms with van der Waals surface area (Å²) in [5, 5.41) is 2.85. The SMILES string of the molecule is CCN(CCCNC(=O)/C=C/c1ccc(OC)c(S(=O)(=O)NC)c1)c1ccccc1. The highest BCUT2D eigenvalue weighted by Crippen LogP contribution is 2.25. The van der Waals surface area contributed by atoms with E-state index in [1.807, 2.05) is 18.2 Å². The van der Waals surface area contributed by atoms with Gasteiger partial charge in [-0.1, -0.05) is 24.3 Å².